The van der Waals surface area contributed by atoms with Crippen LogP contribution in [0.15, 0.2) is 0 Å². The third kappa shape index (κ3) is 0.919. The van der Waals surface area contributed by atoms with Crippen LogP contribution in [0.1, 0.15) is 0 Å². The van der Waals surface area contributed by atoms with Crippen LogP contribution in [0.25, 0.3) is 0 Å². The molecule has 0 spiro atoms. The van der Waals surface area contributed by atoms with Crippen molar-refractivity contribution < 1.29 is 14.3 Å². The number of ether oxygens (including phenoxy) is 1. The van der Waals surface area contributed by atoms with Crippen LogP contribution in [0, 0.1) is 11.8 Å². The van der Waals surface area contributed by atoms with Crippen LogP contribution in [0.4, 0.5) is 0 Å². The van der Waals surface area contributed by atoms with Gasteiger partial charge in [-0.3, -0.25) is 14.9 Å². The van der Waals surface area contributed by atoms with E-state index in [1.165, 1.54) is 0 Å². The van der Waals surface area contributed by atoms with Crippen molar-refractivity contribution in [2.75, 3.05) is 0 Å². The van der Waals surface area contributed by atoms with E-state index in [9.17, 15) is 9.59 Å². The maximum Gasteiger partial charge on any atom is 0.233 e. The second-order valence-electron chi connectivity index (χ2n) is 3.86. The molecule has 76 valence electrons. The third-order valence-corrected chi connectivity index (χ3v) is 6.08. The highest BCUT2D eigenvalue weighted by Gasteiger charge is 2.65. The average Bonchev–Trinajstić information content (AvgIpc) is 2.71. The minimum Gasteiger partial charge on any atom is -0.371 e. The molecule has 2 bridgehead atoms. The molecular formula is C8H7Br2NO3. The lowest BCUT2D eigenvalue weighted by atomic mass is 9.81. The summed E-state index contributed by atoms with van der Waals surface area (Å²) in [4.78, 5) is 23.2. The van der Waals surface area contributed by atoms with E-state index in [2.05, 4.69) is 37.2 Å². The highest BCUT2D eigenvalue weighted by molar-refractivity contribution is 9.12. The lowest BCUT2D eigenvalue weighted by Crippen LogP contribution is -2.42. The summed E-state index contributed by atoms with van der Waals surface area (Å²) in [6.07, 6.45) is -0.332. The van der Waals surface area contributed by atoms with Gasteiger partial charge in [0.15, 0.2) is 0 Å². The molecule has 0 aromatic carbocycles. The van der Waals surface area contributed by atoms with Crippen LogP contribution < -0.4 is 5.32 Å². The molecular weight excluding hydrogens is 318 g/mol. The van der Waals surface area contributed by atoms with Crippen molar-refractivity contribution in [2.45, 2.75) is 21.9 Å². The van der Waals surface area contributed by atoms with Gasteiger partial charge in [-0.1, -0.05) is 31.9 Å². The van der Waals surface area contributed by atoms with Gasteiger partial charge in [0, 0.05) is 0 Å². The van der Waals surface area contributed by atoms with Gasteiger partial charge in [-0.2, -0.15) is 0 Å². The summed E-state index contributed by atoms with van der Waals surface area (Å²) in [6.45, 7) is 0. The third-order valence-electron chi connectivity index (χ3n) is 3.19. The number of halogens is 2. The first kappa shape index (κ1) is 9.30. The molecule has 0 aliphatic carbocycles. The number of rotatable bonds is 0. The molecule has 3 fully saturated rings. The summed E-state index contributed by atoms with van der Waals surface area (Å²) in [7, 11) is 0. The quantitative estimate of drug-likeness (QED) is 0.511. The number of carbonyl (C=O) groups is 2. The van der Waals surface area contributed by atoms with E-state index in [-0.39, 0.29) is 45.5 Å². The molecule has 0 aromatic heterocycles. The van der Waals surface area contributed by atoms with Crippen LogP contribution in [-0.4, -0.2) is 33.7 Å². The molecule has 1 N–H and O–H groups in total. The molecule has 3 heterocycles. The summed E-state index contributed by atoms with van der Waals surface area (Å²) >= 11 is 6.96. The van der Waals surface area contributed by atoms with Crippen molar-refractivity contribution >= 4 is 43.7 Å². The Morgan fingerprint density at radius 3 is 1.86 bits per heavy atom. The normalized spacial score (nSPS) is 55.0. The van der Waals surface area contributed by atoms with Crippen LogP contribution in [0.2, 0.25) is 0 Å². The van der Waals surface area contributed by atoms with Crippen molar-refractivity contribution in [1.82, 2.24) is 5.32 Å². The Bertz CT molecular complexity index is 305. The number of carbonyl (C=O) groups excluding carboxylic acids is 2. The molecule has 4 nitrogen and oxygen atoms in total. The molecule has 0 saturated carbocycles. The van der Waals surface area contributed by atoms with Gasteiger partial charge in [-0.15, -0.1) is 0 Å². The molecule has 6 atom stereocenters. The molecule has 14 heavy (non-hydrogen) atoms. The van der Waals surface area contributed by atoms with E-state index < -0.39 is 0 Å². The predicted molar refractivity (Wildman–Crippen MR) is 54.2 cm³/mol. The van der Waals surface area contributed by atoms with Gasteiger partial charge in [-0.25, -0.2) is 0 Å². The number of amides is 2. The van der Waals surface area contributed by atoms with E-state index in [1.54, 1.807) is 0 Å². The lowest BCUT2D eigenvalue weighted by molar-refractivity contribution is -0.128. The van der Waals surface area contributed by atoms with Crippen molar-refractivity contribution in [3.8, 4) is 0 Å². The zero-order valence-corrected chi connectivity index (χ0v) is 10.1. The van der Waals surface area contributed by atoms with Gasteiger partial charge in [-0.05, 0) is 0 Å². The summed E-state index contributed by atoms with van der Waals surface area (Å²) in [5, 5.41) is 2.36. The Balaban J connectivity index is 2.01. The molecule has 3 aliphatic rings. The molecule has 0 unspecified atom stereocenters. The van der Waals surface area contributed by atoms with Crippen molar-refractivity contribution in [3.05, 3.63) is 0 Å². The van der Waals surface area contributed by atoms with Gasteiger partial charge in [0.05, 0.1) is 33.7 Å². The number of hydrogen-bond donors (Lipinski definition) is 1. The SMILES string of the molecule is O=C1NC(=O)[C@H]2[C@H]3O[C@@H]([C@@H](Br)[C@H]3Br)[C@@H]12. The number of hydrogen-bond acceptors (Lipinski definition) is 3. The molecule has 3 rings (SSSR count). The van der Waals surface area contributed by atoms with Crippen LogP contribution in [0.3, 0.4) is 0 Å². The number of fused-ring (bicyclic) bond motifs is 5. The van der Waals surface area contributed by atoms with Gasteiger partial charge < -0.3 is 4.74 Å². The Labute approximate surface area is 97.0 Å². The minimum atomic E-state index is -0.286. The van der Waals surface area contributed by atoms with Crippen molar-refractivity contribution in [2.24, 2.45) is 11.8 Å². The smallest absolute Gasteiger partial charge is 0.233 e. The Morgan fingerprint density at radius 1 is 1.00 bits per heavy atom. The zero-order chi connectivity index (χ0) is 10.0. The fraction of sp³-hybridized carbons (Fsp3) is 0.750. The maximum atomic E-state index is 11.5. The lowest BCUT2D eigenvalue weighted by Gasteiger charge is -2.24. The monoisotopic (exact) mass is 323 g/mol. The van der Waals surface area contributed by atoms with E-state index in [4.69, 9.17) is 4.74 Å². The Kier molecular flexibility index (Phi) is 1.86. The molecule has 3 saturated heterocycles. The largest absolute Gasteiger partial charge is 0.371 e. The fourth-order valence-corrected chi connectivity index (χ4v) is 4.09. The maximum absolute atomic E-state index is 11.5. The van der Waals surface area contributed by atoms with Gasteiger partial charge >= 0.3 is 0 Å². The fourth-order valence-electron chi connectivity index (χ4n) is 2.58. The van der Waals surface area contributed by atoms with Crippen LogP contribution >= 0.6 is 31.9 Å². The number of nitrogens with one attached hydrogen (secondary N) is 1. The molecule has 0 aromatic rings. The van der Waals surface area contributed by atoms with Gasteiger partial charge in [0.2, 0.25) is 11.8 Å². The highest BCUT2D eigenvalue weighted by atomic mass is 79.9. The van der Waals surface area contributed by atoms with Crippen molar-refractivity contribution in [3.63, 3.8) is 0 Å². The molecule has 3 aliphatic heterocycles. The summed E-state index contributed by atoms with van der Waals surface area (Å²) < 4.78 is 5.63. The van der Waals surface area contributed by atoms with Gasteiger partial charge in [0.25, 0.3) is 0 Å². The zero-order valence-electron chi connectivity index (χ0n) is 6.94. The summed E-state index contributed by atoms with van der Waals surface area (Å²) in [6, 6.07) is 0. The van der Waals surface area contributed by atoms with Crippen molar-refractivity contribution in [1.29, 1.82) is 0 Å². The second-order valence-corrected chi connectivity index (χ2v) is 5.97. The van der Waals surface area contributed by atoms with E-state index in [0.717, 1.165) is 0 Å². The van der Waals surface area contributed by atoms with Crippen LogP contribution in [-0.2, 0) is 14.3 Å². The second kappa shape index (κ2) is 2.80. The van der Waals surface area contributed by atoms with E-state index >= 15 is 0 Å². The number of alkyl halides is 2. The first-order valence-electron chi connectivity index (χ1n) is 4.39. The van der Waals surface area contributed by atoms with Gasteiger partial charge in [0.1, 0.15) is 0 Å². The molecule has 0 radical (unpaired) electrons. The molecule has 2 amide bonds. The minimum absolute atomic E-state index is 0.116. The number of imide groups is 1. The standard InChI is InChI=1S/C8H7Br2NO3/c9-3-4(10)6-2-1(5(3)14-6)7(12)11-8(2)13/h1-6H,(H,11,12,13)/t1-,2+,3-,4+,5-,6-/m1/s1. The first-order valence-corrected chi connectivity index (χ1v) is 6.22. The summed E-state index contributed by atoms with van der Waals surface area (Å²) in [5.74, 6) is -0.941. The Morgan fingerprint density at radius 2 is 1.43 bits per heavy atom. The topological polar surface area (TPSA) is 55.4 Å². The predicted octanol–water partition coefficient (Wildman–Crippen LogP) is 0.183. The first-order chi connectivity index (χ1) is 6.61. The summed E-state index contributed by atoms with van der Waals surface area (Å²) in [5.41, 5.74) is 0. The average molecular weight is 325 g/mol. The van der Waals surface area contributed by atoms with E-state index in [0.29, 0.717) is 0 Å². The van der Waals surface area contributed by atoms with E-state index in [1.807, 2.05) is 0 Å². The van der Waals surface area contributed by atoms with Crippen LogP contribution in [0.5, 0.6) is 0 Å². The Hall–Kier alpha value is 0.0600. The molecule has 6 heteroatoms. The highest BCUT2D eigenvalue weighted by Crippen LogP contribution is 2.51.